The molecular formula is C23H18N4. The van der Waals surface area contributed by atoms with Gasteiger partial charge in [0.25, 0.3) is 0 Å². The summed E-state index contributed by atoms with van der Waals surface area (Å²) in [6.45, 7) is 0.716. The van der Waals surface area contributed by atoms with Crippen LogP contribution in [0.1, 0.15) is 5.56 Å². The van der Waals surface area contributed by atoms with Gasteiger partial charge >= 0.3 is 0 Å². The summed E-state index contributed by atoms with van der Waals surface area (Å²) in [4.78, 5) is 4.05. The van der Waals surface area contributed by atoms with E-state index in [0.29, 0.717) is 6.54 Å². The Bertz CT molecular complexity index is 1230. The van der Waals surface area contributed by atoms with Crippen LogP contribution in [0.25, 0.3) is 27.5 Å². The van der Waals surface area contributed by atoms with Crippen molar-refractivity contribution in [1.82, 2.24) is 14.6 Å². The number of fused-ring (bicyclic) bond motifs is 2. The highest BCUT2D eigenvalue weighted by Crippen LogP contribution is 2.26. The predicted octanol–water partition coefficient (Wildman–Crippen LogP) is 5.16. The molecule has 0 aliphatic carbocycles. The fourth-order valence-electron chi connectivity index (χ4n) is 3.34. The van der Waals surface area contributed by atoms with Crippen molar-refractivity contribution < 1.29 is 0 Å². The lowest BCUT2D eigenvalue weighted by Gasteiger charge is -2.08. The van der Waals surface area contributed by atoms with Gasteiger partial charge in [-0.3, -0.25) is 4.98 Å². The van der Waals surface area contributed by atoms with Crippen molar-refractivity contribution in [3.8, 4) is 11.3 Å². The van der Waals surface area contributed by atoms with Crippen LogP contribution >= 0.6 is 0 Å². The zero-order valence-electron chi connectivity index (χ0n) is 14.7. The first-order valence-corrected chi connectivity index (χ1v) is 8.98. The number of rotatable bonds is 4. The lowest BCUT2D eigenvalue weighted by Crippen LogP contribution is -2.04. The summed E-state index contributed by atoms with van der Waals surface area (Å²) in [5.41, 5.74) is 4.50. The smallest absolute Gasteiger partial charge is 0.147 e. The van der Waals surface area contributed by atoms with Gasteiger partial charge in [-0.25, -0.2) is 4.52 Å². The molecule has 5 rings (SSSR count). The molecule has 0 fully saturated rings. The topological polar surface area (TPSA) is 42.2 Å². The summed E-state index contributed by atoms with van der Waals surface area (Å²) in [6, 6.07) is 27.3. The van der Waals surface area contributed by atoms with Gasteiger partial charge in [0, 0.05) is 24.5 Å². The number of hydrogen-bond donors (Lipinski definition) is 1. The van der Waals surface area contributed by atoms with Crippen LogP contribution in [0, 0.1) is 0 Å². The van der Waals surface area contributed by atoms with Crippen LogP contribution in [0.4, 0.5) is 5.82 Å². The molecule has 4 heteroatoms. The molecule has 5 aromatic rings. The fraction of sp³-hybridized carbons (Fsp3) is 0.0435. The van der Waals surface area contributed by atoms with Crippen molar-refractivity contribution in [3.63, 3.8) is 0 Å². The monoisotopic (exact) mass is 350 g/mol. The molecule has 1 N–H and O–H groups in total. The maximum Gasteiger partial charge on any atom is 0.147 e. The van der Waals surface area contributed by atoms with Gasteiger partial charge in [-0.2, -0.15) is 0 Å². The molecule has 3 heterocycles. The summed E-state index contributed by atoms with van der Waals surface area (Å²) in [6.07, 6.45) is 3.61. The first-order chi connectivity index (χ1) is 13.4. The van der Waals surface area contributed by atoms with Crippen LogP contribution in [-0.4, -0.2) is 14.6 Å². The number of nitrogens with one attached hydrogen (secondary N) is 1. The zero-order valence-corrected chi connectivity index (χ0v) is 14.7. The Morgan fingerprint density at radius 1 is 0.778 bits per heavy atom. The van der Waals surface area contributed by atoms with Gasteiger partial charge < -0.3 is 5.32 Å². The van der Waals surface area contributed by atoms with Crippen LogP contribution in [0.15, 0.2) is 91.3 Å². The standard InChI is InChI=1S/C23H18N4/c1-2-4-19-15-20(6-5-18(19)3-1)22-9-7-21-8-10-23(26-27(21)22)25-16-17-11-13-24-14-12-17/h1-15H,16H2,(H,25,26). The summed E-state index contributed by atoms with van der Waals surface area (Å²) in [5, 5.41) is 10.7. The number of aromatic nitrogens is 3. The maximum absolute atomic E-state index is 4.80. The second kappa shape index (κ2) is 6.57. The second-order valence-electron chi connectivity index (χ2n) is 6.54. The minimum atomic E-state index is 0.716. The number of hydrogen-bond acceptors (Lipinski definition) is 3. The SMILES string of the molecule is c1ccc2cc(-c3ccc4ccc(NCc5ccncc5)nn34)ccc2c1. The molecule has 0 spiro atoms. The molecule has 0 radical (unpaired) electrons. The largest absolute Gasteiger partial charge is 0.365 e. The zero-order chi connectivity index (χ0) is 18.1. The molecule has 0 saturated carbocycles. The van der Waals surface area contributed by atoms with Crippen LogP contribution < -0.4 is 5.32 Å². The second-order valence-corrected chi connectivity index (χ2v) is 6.54. The van der Waals surface area contributed by atoms with Gasteiger partial charge in [-0.1, -0.05) is 36.4 Å². The molecule has 0 saturated heterocycles. The molecular weight excluding hydrogens is 332 g/mol. The summed E-state index contributed by atoms with van der Waals surface area (Å²) in [5.74, 6) is 0.845. The van der Waals surface area contributed by atoms with Crippen LogP contribution in [-0.2, 0) is 6.54 Å². The van der Waals surface area contributed by atoms with E-state index in [2.05, 4.69) is 71.0 Å². The molecule has 4 nitrogen and oxygen atoms in total. The van der Waals surface area contributed by atoms with Gasteiger partial charge in [-0.05, 0) is 58.8 Å². The molecule has 2 aromatic carbocycles. The van der Waals surface area contributed by atoms with Crippen molar-refractivity contribution in [1.29, 1.82) is 0 Å². The first kappa shape index (κ1) is 15.6. The van der Waals surface area contributed by atoms with Crippen molar-refractivity contribution in [3.05, 3.63) is 96.8 Å². The van der Waals surface area contributed by atoms with E-state index in [4.69, 9.17) is 5.10 Å². The highest BCUT2D eigenvalue weighted by Gasteiger charge is 2.07. The van der Waals surface area contributed by atoms with Gasteiger partial charge in [-0.15, -0.1) is 5.10 Å². The van der Waals surface area contributed by atoms with Gasteiger partial charge in [0.1, 0.15) is 5.82 Å². The van der Waals surface area contributed by atoms with Crippen LogP contribution in [0.5, 0.6) is 0 Å². The van der Waals surface area contributed by atoms with E-state index < -0.39 is 0 Å². The van der Waals surface area contributed by atoms with Gasteiger partial charge in [0.15, 0.2) is 0 Å². The molecule has 0 aliphatic rings. The molecule has 0 aliphatic heterocycles. The van der Waals surface area contributed by atoms with Crippen molar-refractivity contribution in [2.45, 2.75) is 6.54 Å². The van der Waals surface area contributed by atoms with E-state index in [1.807, 2.05) is 22.7 Å². The van der Waals surface area contributed by atoms with Crippen LogP contribution in [0.3, 0.4) is 0 Å². The number of anilines is 1. The highest BCUT2D eigenvalue weighted by atomic mass is 15.3. The molecule has 0 unspecified atom stereocenters. The summed E-state index contributed by atoms with van der Waals surface area (Å²) in [7, 11) is 0. The van der Waals surface area contributed by atoms with Crippen molar-refractivity contribution in [2.24, 2.45) is 0 Å². The van der Waals surface area contributed by atoms with Gasteiger partial charge in [0.2, 0.25) is 0 Å². The fourth-order valence-corrected chi connectivity index (χ4v) is 3.34. The van der Waals surface area contributed by atoms with E-state index in [-0.39, 0.29) is 0 Å². The van der Waals surface area contributed by atoms with E-state index in [1.54, 1.807) is 12.4 Å². The lowest BCUT2D eigenvalue weighted by atomic mass is 10.1. The number of nitrogens with zero attached hydrogens (tertiary/aromatic N) is 3. The normalized spacial score (nSPS) is 11.1. The van der Waals surface area contributed by atoms with E-state index in [1.165, 1.54) is 16.3 Å². The summed E-state index contributed by atoms with van der Waals surface area (Å²) < 4.78 is 2.00. The Hall–Kier alpha value is -3.66. The first-order valence-electron chi connectivity index (χ1n) is 8.98. The lowest BCUT2D eigenvalue weighted by molar-refractivity contribution is 0.936. The van der Waals surface area contributed by atoms with Crippen molar-refractivity contribution in [2.75, 3.05) is 5.32 Å². The Balaban J connectivity index is 1.50. The van der Waals surface area contributed by atoms with Crippen LogP contribution in [0.2, 0.25) is 0 Å². The Morgan fingerprint density at radius 3 is 2.48 bits per heavy atom. The van der Waals surface area contributed by atoms with Gasteiger partial charge in [0.05, 0.1) is 11.2 Å². The van der Waals surface area contributed by atoms with Crippen molar-refractivity contribution >= 4 is 22.1 Å². The van der Waals surface area contributed by atoms with E-state index in [0.717, 1.165) is 22.6 Å². The Morgan fingerprint density at radius 2 is 1.59 bits per heavy atom. The third-order valence-corrected chi connectivity index (χ3v) is 4.77. The average Bonchev–Trinajstić information content (AvgIpc) is 3.16. The maximum atomic E-state index is 4.80. The third kappa shape index (κ3) is 3.02. The quantitative estimate of drug-likeness (QED) is 0.487. The third-order valence-electron chi connectivity index (χ3n) is 4.77. The highest BCUT2D eigenvalue weighted by molar-refractivity contribution is 5.87. The molecule has 0 atom stereocenters. The van der Waals surface area contributed by atoms with E-state index in [9.17, 15) is 0 Å². The number of pyridine rings is 1. The molecule has 0 amide bonds. The Labute approximate surface area is 157 Å². The minimum Gasteiger partial charge on any atom is -0.365 e. The van der Waals surface area contributed by atoms with E-state index >= 15 is 0 Å². The Kier molecular flexibility index (Phi) is 3.79. The minimum absolute atomic E-state index is 0.716. The summed E-state index contributed by atoms with van der Waals surface area (Å²) >= 11 is 0. The molecule has 0 bridgehead atoms. The molecule has 130 valence electrons. The molecule has 3 aromatic heterocycles. The number of benzene rings is 2. The average molecular weight is 350 g/mol. The predicted molar refractivity (Wildman–Crippen MR) is 110 cm³/mol. The molecule has 27 heavy (non-hydrogen) atoms.